The van der Waals surface area contributed by atoms with Crippen molar-refractivity contribution in [3.8, 4) is 0 Å². The highest BCUT2D eigenvalue weighted by Crippen LogP contribution is 2.23. The van der Waals surface area contributed by atoms with Gasteiger partial charge in [0.15, 0.2) is 0 Å². The molecule has 152 valence electrons. The Balaban J connectivity index is 1.65. The first-order valence-electron chi connectivity index (χ1n) is 9.57. The maximum Gasteiger partial charge on any atom is 0.253 e. The van der Waals surface area contributed by atoms with Crippen LogP contribution in [0.25, 0.3) is 0 Å². The van der Waals surface area contributed by atoms with Crippen molar-refractivity contribution in [1.82, 2.24) is 10.2 Å². The van der Waals surface area contributed by atoms with Gasteiger partial charge in [-0.25, -0.2) is 4.39 Å². The van der Waals surface area contributed by atoms with Gasteiger partial charge < -0.3 is 15.5 Å². The molecule has 3 amide bonds. The number of benzene rings is 2. The minimum Gasteiger partial charge on any atom is -0.348 e. The lowest BCUT2D eigenvalue weighted by Gasteiger charge is -2.20. The van der Waals surface area contributed by atoms with E-state index < -0.39 is 5.92 Å². The number of nitrogens with one attached hydrogen (secondary N) is 2. The molecule has 29 heavy (non-hydrogen) atoms. The predicted molar refractivity (Wildman–Crippen MR) is 108 cm³/mol. The molecule has 1 atom stereocenters. The molecule has 3 rings (SSSR count). The third-order valence-corrected chi connectivity index (χ3v) is 4.95. The third kappa shape index (κ3) is 4.99. The van der Waals surface area contributed by atoms with E-state index in [9.17, 15) is 18.8 Å². The van der Waals surface area contributed by atoms with Crippen molar-refractivity contribution < 1.29 is 18.8 Å². The van der Waals surface area contributed by atoms with E-state index in [4.69, 9.17) is 0 Å². The van der Waals surface area contributed by atoms with E-state index in [1.807, 2.05) is 13.8 Å². The van der Waals surface area contributed by atoms with Crippen molar-refractivity contribution in [2.45, 2.75) is 32.9 Å². The highest BCUT2D eigenvalue weighted by Gasteiger charge is 2.35. The smallest absolute Gasteiger partial charge is 0.253 e. The lowest BCUT2D eigenvalue weighted by Crippen LogP contribution is -2.33. The molecular weight excluding hydrogens is 373 g/mol. The number of carbonyl (C=O) groups is 3. The van der Waals surface area contributed by atoms with Crippen LogP contribution in [0, 0.1) is 11.7 Å². The highest BCUT2D eigenvalue weighted by molar-refractivity contribution is 6.05. The van der Waals surface area contributed by atoms with Crippen LogP contribution in [0.3, 0.4) is 0 Å². The van der Waals surface area contributed by atoms with E-state index in [2.05, 4.69) is 10.6 Å². The zero-order valence-corrected chi connectivity index (χ0v) is 16.4. The molecule has 1 saturated heterocycles. The number of anilines is 1. The maximum absolute atomic E-state index is 13.0. The summed E-state index contributed by atoms with van der Waals surface area (Å²) in [6.45, 7) is 4.45. The lowest BCUT2D eigenvalue weighted by molar-refractivity contribution is -0.129. The van der Waals surface area contributed by atoms with Gasteiger partial charge in [-0.15, -0.1) is 0 Å². The standard InChI is InChI=1S/C22H24FN3O3/c1-14(2)26-13-16(11-20(26)27)21(28)25-19-6-4-3-5-18(19)22(29)24-12-15-7-9-17(23)10-8-15/h3-10,14,16H,11-13H2,1-2H3,(H,24,29)(H,25,28)/t16-/m0/s1. The number of amides is 3. The minimum atomic E-state index is -0.444. The van der Waals surface area contributed by atoms with Crippen LogP contribution in [0.2, 0.25) is 0 Å². The molecule has 0 bridgehead atoms. The second-order valence-electron chi connectivity index (χ2n) is 7.38. The molecule has 7 heteroatoms. The van der Waals surface area contributed by atoms with Crippen LogP contribution < -0.4 is 10.6 Å². The summed E-state index contributed by atoms with van der Waals surface area (Å²) in [5.74, 6) is -1.45. The van der Waals surface area contributed by atoms with E-state index in [-0.39, 0.29) is 42.5 Å². The van der Waals surface area contributed by atoms with Crippen LogP contribution in [0.5, 0.6) is 0 Å². The Bertz CT molecular complexity index is 912. The Morgan fingerprint density at radius 2 is 1.83 bits per heavy atom. The average molecular weight is 397 g/mol. The van der Waals surface area contributed by atoms with Crippen molar-refractivity contribution in [3.63, 3.8) is 0 Å². The van der Waals surface area contributed by atoms with Crippen LogP contribution >= 0.6 is 0 Å². The summed E-state index contributed by atoms with van der Waals surface area (Å²) in [6.07, 6.45) is 0.170. The van der Waals surface area contributed by atoms with Crippen LogP contribution in [-0.4, -0.2) is 35.2 Å². The molecule has 0 aromatic heterocycles. The van der Waals surface area contributed by atoms with E-state index in [1.54, 1.807) is 41.3 Å². The average Bonchev–Trinajstić information content (AvgIpc) is 3.10. The molecule has 1 heterocycles. The van der Waals surface area contributed by atoms with Gasteiger partial charge in [-0.3, -0.25) is 14.4 Å². The van der Waals surface area contributed by atoms with Gasteiger partial charge >= 0.3 is 0 Å². The van der Waals surface area contributed by atoms with Crippen LogP contribution in [0.15, 0.2) is 48.5 Å². The Labute approximate surface area is 169 Å². The molecule has 0 aliphatic carbocycles. The van der Waals surface area contributed by atoms with Crippen LogP contribution in [0.1, 0.15) is 36.2 Å². The molecule has 0 saturated carbocycles. The van der Waals surface area contributed by atoms with Gasteiger partial charge in [0.05, 0.1) is 17.2 Å². The number of carbonyl (C=O) groups excluding carboxylic acids is 3. The Kier molecular flexibility index (Phi) is 6.26. The molecule has 1 aliphatic heterocycles. The van der Waals surface area contributed by atoms with Gasteiger partial charge in [0.2, 0.25) is 11.8 Å². The van der Waals surface area contributed by atoms with Gasteiger partial charge in [0.25, 0.3) is 5.91 Å². The Hall–Kier alpha value is -3.22. The molecule has 6 nitrogen and oxygen atoms in total. The maximum atomic E-state index is 13.0. The number of para-hydroxylation sites is 1. The molecule has 2 aromatic carbocycles. The zero-order chi connectivity index (χ0) is 21.0. The summed E-state index contributed by atoms with van der Waals surface area (Å²) in [6, 6.07) is 12.6. The van der Waals surface area contributed by atoms with Gasteiger partial charge in [-0.1, -0.05) is 24.3 Å². The number of likely N-dealkylation sites (tertiary alicyclic amines) is 1. The monoisotopic (exact) mass is 397 g/mol. The normalized spacial score (nSPS) is 16.2. The first kappa shape index (κ1) is 20.5. The fourth-order valence-electron chi connectivity index (χ4n) is 3.31. The molecule has 1 fully saturated rings. The topological polar surface area (TPSA) is 78.5 Å². The molecule has 1 aliphatic rings. The van der Waals surface area contributed by atoms with Gasteiger partial charge in [-0.2, -0.15) is 0 Å². The van der Waals surface area contributed by atoms with Crippen molar-refractivity contribution in [1.29, 1.82) is 0 Å². The number of nitrogens with zero attached hydrogens (tertiary/aromatic N) is 1. The van der Waals surface area contributed by atoms with Gasteiger partial charge in [-0.05, 0) is 43.7 Å². The summed E-state index contributed by atoms with van der Waals surface area (Å²) in [7, 11) is 0. The Morgan fingerprint density at radius 3 is 2.48 bits per heavy atom. The summed E-state index contributed by atoms with van der Waals surface area (Å²) in [5.41, 5.74) is 1.48. The zero-order valence-electron chi connectivity index (χ0n) is 16.4. The number of halogens is 1. The van der Waals surface area contributed by atoms with E-state index in [0.29, 0.717) is 17.8 Å². The Morgan fingerprint density at radius 1 is 1.14 bits per heavy atom. The molecular formula is C22H24FN3O3. The molecule has 0 radical (unpaired) electrons. The summed E-state index contributed by atoms with van der Waals surface area (Å²) in [4.78, 5) is 39.0. The number of hydrogen-bond acceptors (Lipinski definition) is 3. The second kappa shape index (κ2) is 8.86. The first-order chi connectivity index (χ1) is 13.8. The van der Waals surface area contributed by atoms with Crippen molar-refractivity contribution >= 4 is 23.4 Å². The van der Waals surface area contributed by atoms with Gasteiger partial charge in [0, 0.05) is 25.6 Å². The summed E-state index contributed by atoms with van der Waals surface area (Å²) >= 11 is 0. The third-order valence-electron chi connectivity index (χ3n) is 4.95. The summed E-state index contributed by atoms with van der Waals surface area (Å²) in [5, 5.41) is 5.56. The van der Waals surface area contributed by atoms with Crippen LogP contribution in [-0.2, 0) is 16.1 Å². The molecule has 2 aromatic rings. The molecule has 2 N–H and O–H groups in total. The van der Waals surface area contributed by atoms with Crippen molar-refractivity contribution in [2.75, 3.05) is 11.9 Å². The fraction of sp³-hybridized carbons (Fsp3) is 0.318. The van der Waals surface area contributed by atoms with Crippen LogP contribution in [0.4, 0.5) is 10.1 Å². The quantitative estimate of drug-likeness (QED) is 0.787. The minimum absolute atomic E-state index is 0.0366. The second-order valence-corrected chi connectivity index (χ2v) is 7.38. The lowest BCUT2D eigenvalue weighted by atomic mass is 10.1. The summed E-state index contributed by atoms with van der Waals surface area (Å²) < 4.78 is 13.0. The van der Waals surface area contributed by atoms with E-state index in [1.165, 1.54) is 12.1 Å². The van der Waals surface area contributed by atoms with E-state index >= 15 is 0 Å². The van der Waals surface area contributed by atoms with Gasteiger partial charge in [0.1, 0.15) is 5.82 Å². The number of hydrogen-bond donors (Lipinski definition) is 2. The predicted octanol–water partition coefficient (Wildman–Crippen LogP) is 2.95. The van der Waals surface area contributed by atoms with E-state index in [0.717, 1.165) is 5.56 Å². The van der Waals surface area contributed by atoms with Crippen molar-refractivity contribution in [3.05, 3.63) is 65.5 Å². The highest BCUT2D eigenvalue weighted by atomic mass is 19.1. The number of rotatable bonds is 6. The first-order valence-corrected chi connectivity index (χ1v) is 9.57. The van der Waals surface area contributed by atoms with Crippen molar-refractivity contribution in [2.24, 2.45) is 5.92 Å². The largest absolute Gasteiger partial charge is 0.348 e. The molecule has 0 unspecified atom stereocenters. The SMILES string of the molecule is CC(C)N1C[C@@H](C(=O)Nc2ccccc2C(=O)NCc2ccc(F)cc2)CC1=O. The fourth-order valence-corrected chi connectivity index (χ4v) is 3.31. The molecule has 0 spiro atoms.